The molecule has 126 valence electrons. The van der Waals surface area contributed by atoms with Crippen molar-refractivity contribution in [2.75, 3.05) is 21.3 Å². The molecule has 0 fully saturated rings. The third-order valence-corrected chi connectivity index (χ3v) is 2.68. The molecule has 0 aliphatic heterocycles. The summed E-state index contributed by atoms with van der Waals surface area (Å²) in [5, 5.41) is 0. The van der Waals surface area contributed by atoms with E-state index >= 15 is 0 Å². The topological polar surface area (TPSA) is 61.8 Å². The Morgan fingerprint density at radius 1 is 0.818 bits per heavy atom. The van der Waals surface area contributed by atoms with E-state index in [1.54, 1.807) is 38.3 Å². The van der Waals surface area contributed by atoms with E-state index in [1.807, 2.05) is 0 Å². The van der Waals surface area contributed by atoms with Crippen molar-refractivity contribution in [1.29, 1.82) is 0 Å². The number of hydrogen-bond donors (Lipinski definition) is 0. The molecule has 0 aliphatic carbocycles. The fourth-order valence-electron chi connectivity index (χ4n) is 1.58. The predicted molar refractivity (Wildman–Crippen MR) is 89.8 cm³/mol. The van der Waals surface area contributed by atoms with E-state index < -0.39 is 11.9 Å². The van der Waals surface area contributed by atoms with Gasteiger partial charge in [-0.15, -0.1) is 0 Å². The monoisotopic (exact) mass is 312 g/mol. The molecule has 0 saturated heterocycles. The SMILES string of the molecule is C.C.C.COC(=O)C(C(=O)OC)=C(C)c1ccc(OC)cc1. The zero-order chi connectivity index (χ0) is 14.4. The van der Waals surface area contributed by atoms with E-state index in [4.69, 9.17) is 4.74 Å². The molecule has 1 aromatic carbocycles. The summed E-state index contributed by atoms with van der Waals surface area (Å²) >= 11 is 0. The highest BCUT2D eigenvalue weighted by Gasteiger charge is 2.23. The van der Waals surface area contributed by atoms with Gasteiger partial charge in [0.25, 0.3) is 0 Å². The average molecular weight is 312 g/mol. The molecule has 5 nitrogen and oxygen atoms in total. The number of hydrogen-bond acceptors (Lipinski definition) is 5. The van der Waals surface area contributed by atoms with Crippen LogP contribution < -0.4 is 4.74 Å². The molecule has 1 aromatic rings. The van der Waals surface area contributed by atoms with Crippen LogP contribution >= 0.6 is 0 Å². The highest BCUT2D eigenvalue weighted by molar-refractivity contribution is 6.19. The second-order valence-corrected chi connectivity index (χ2v) is 3.71. The van der Waals surface area contributed by atoms with E-state index in [-0.39, 0.29) is 27.9 Å². The van der Waals surface area contributed by atoms with Gasteiger partial charge in [-0.25, -0.2) is 9.59 Å². The third-order valence-electron chi connectivity index (χ3n) is 2.68. The first-order valence-corrected chi connectivity index (χ1v) is 5.57. The minimum Gasteiger partial charge on any atom is -0.497 e. The maximum absolute atomic E-state index is 11.6. The first-order chi connectivity index (χ1) is 9.04. The molecule has 0 saturated carbocycles. The molecule has 0 bridgehead atoms. The van der Waals surface area contributed by atoms with Gasteiger partial charge in [-0.05, 0) is 30.2 Å². The zero-order valence-electron chi connectivity index (χ0n) is 11.4. The van der Waals surface area contributed by atoms with Gasteiger partial charge in [0.15, 0.2) is 0 Å². The molecule has 0 N–H and O–H groups in total. The summed E-state index contributed by atoms with van der Waals surface area (Å²) in [7, 11) is 3.99. The van der Waals surface area contributed by atoms with Crippen LogP contribution in [0.25, 0.3) is 5.57 Å². The van der Waals surface area contributed by atoms with Gasteiger partial charge in [0.05, 0.1) is 21.3 Å². The van der Waals surface area contributed by atoms with Gasteiger partial charge in [0.1, 0.15) is 11.3 Å². The second-order valence-electron chi connectivity index (χ2n) is 3.71. The summed E-state index contributed by atoms with van der Waals surface area (Å²) in [6.45, 7) is 1.66. The van der Waals surface area contributed by atoms with Gasteiger partial charge >= 0.3 is 11.9 Å². The normalized spacial score (nSPS) is 8.18. The van der Waals surface area contributed by atoms with Crippen LogP contribution in [0.4, 0.5) is 0 Å². The summed E-state index contributed by atoms with van der Waals surface area (Å²) in [5.41, 5.74) is 1.09. The van der Waals surface area contributed by atoms with Crippen LogP contribution in [0.15, 0.2) is 29.8 Å². The van der Waals surface area contributed by atoms with Gasteiger partial charge in [-0.2, -0.15) is 0 Å². The van der Waals surface area contributed by atoms with Crippen LogP contribution in [0.5, 0.6) is 5.75 Å². The van der Waals surface area contributed by atoms with Gasteiger partial charge < -0.3 is 14.2 Å². The highest BCUT2D eigenvalue weighted by atomic mass is 16.5. The molecule has 0 amide bonds. The molecule has 0 radical (unpaired) electrons. The number of ether oxygens (including phenoxy) is 3. The largest absolute Gasteiger partial charge is 0.497 e. The van der Waals surface area contributed by atoms with E-state index in [0.29, 0.717) is 16.9 Å². The molecule has 22 heavy (non-hydrogen) atoms. The molecule has 0 heterocycles. The van der Waals surface area contributed by atoms with Crippen LogP contribution in [0.3, 0.4) is 0 Å². The van der Waals surface area contributed by atoms with E-state index in [9.17, 15) is 9.59 Å². The first kappa shape index (κ1) is 24.7. The lowest BCUT2D eigenvalue weighted by atomic mass is 10.0. The molecule has 1 rings (SSSR count). The fourth-order valence-corrected chi connectivity index (χ4v) is 1.58. The molecule has 0 unspecified atom stereocenters. The summed E-state index contributed by atoms with van der Waals surface area (Å²) in [5.74, 6) is -0.755. The minimum atomic E-state index is -0.722. The Morgan fingerprint density at radius 3 is 1.55 bits per heavy atom. The maximum Gasteiger partial charge on any atom is 0.345 e. The first-order valence-electron chi connectivity index (χ1n) is 5.57. The summed E-state index contributed by atoms with van der Waals surface area (Å²) in [6, 6.07) is 6.98. The summed E-state index contributed by atoms with van der Waals surface area (Å²) in [6.07, 6.45) is 0. The Morgan fingerprint density at radius 2 is 1.23 bits per heavy atom. The van der Waals surface area contributed by atoms with Gasteiger partial charge in [0, 0.05) is 0 Å². The Hall–Kier alpha value is -2.30. The van der Waals surface area contributed by atoms with Gasteiger partial charge in [-0.1, -0.05) is 34.4 Å². The van der Waals surface area contributed by atoms with E-state index in [2.05, 4.69) is 9.47 Å². The van der Waals surface area contributed by atoms with Gasteiger partial charge in [0.2, 0.25) is 0 Å². The number of carbonyl (C=O) groups is 2. The quantitative estimate of drug-likeness (QED) is 0.367. The Kier molecular flexibility index (Phi) is 12.8. The number of carbonyl (C=O) groups excluding carboxylic acids is 2. The molecule has 0 aromatic heterocycles. The van der Waals surface area contributed by atoms with Crippen LogP contribution in [0.2, 0.25) is 0 Å². The summed E-state index contributed by atoms with van der Waals surface area (Å²) in [4.78, 5) is 23.3. The molecular formula is C17H28O5. The van der Waals surface area contributed by atoms with Crippen molar-refractivity contribution in [2.45, 2.75) is 29.2 Å². The van der Waals surface area contributed by atoms with Crippen molar-refractivity contribution in [3.63, 3.8) is 0 Å². The van der Waals surface area contributed by atoms with Crippen molar-refractivity contribution in [2.24, 2.45) is 0 Å². The van der Waals surface area contributed by atoms with Crippen molar-refractivity contribution in [1.82, 2.24) is 0 Å². The number of methoxy groups -OCH3 is 3. The number of allylic oxidation sites excluding steroid dienone is 1. The van der Waals surface area contributed by atoms with Crippen molar-refractivity contribution in [3.8, 4) is 5.75 Å². The second kappa shape index (κ2) is 11.4. The summed E-state index contributed by atoms with van der Waals surface area (Å²) < 4.78 is 14.2. The molecule has 0 spiro atoms. The van der Waals surface area contributed by atoms with Crippen molar-refractivity contribution in [3.05, 3.63) is 35.4 Å². The predicted octanol–water partition coefficient (Wildman–Crippen LogP) is 3.72. The van der Waals surface area contributed by atoms with Crippen LogP contribution in [0.1, 0.15) is 34.8 Å². The highest BCUT2D eigenvalue weighted by Crippen LogP contribution is 2.22. The number of rotatable bonds is 4. The molecule has 0 aliphatic rings. The third kappa shape index (κ3) is 5.60. The van der Waals surface area contributed by atoms with E-state index in [0.717, 1.165) is 0 Å². The number of esters is 2. The molecular weight excluding hydrogens is 284 g/mol. The van der Waals surface area contributed by atoms with Crippen molar-refractivity contribution < 1.29 is 23.8 Å². The van der Waals surface area contributed by atoms with Crippen LogP contribution in [-0.2, 0) is 19.1 Å². The Balaban J connectivity index is -0.00000120. The van der Waals surface area contributed by atoms with E-state index in [1.165, 1.54) is 14.2 Å². The molecule has 0 atom stereocenters. The molecule has 5 heteroatoms. The number of benzene rings is 1. The van der Waals surface area contributed by atoms with Gasteiger partial charge in [-0.3, -0.25) is 0 Å². The Labute approximate surface area is 133 Å². The lowest BCUT2D eigenvalue weighted by Gasteiger charge is -2.09. The Bertz CT molecular complexity index is 482. The lowest BCUT2D eigenvalue weighted by Crippen LogP contribution is -2.17. The minimum absolute atomic E-state index is 0. The average Bonchev–Trinajstić information content (AvgIpc) is 2.46. The van der Waals surface area contributed by atoms with Crippen LogP contribution in [-0.4, -0.2) is 33.3 Å². The maximum atomic E-state index is 11.6. The zero-order valence-corrected chi connectivity index (χ0v) is 11.4. The lowest BCUT2D eigenvalue weighted by molar-refractivity contribution is -0.143. The van der Waals surface area contributed by atoms with Crippen LogP contribution in [0, 0.1) is 0 Å². The fraction of sp³-hybridized carbons (Fsp3) is 0.412. The van der Waals surface area contributed by atoms with Crippen molar-refractivity contribution >= 4 is 17.5 Å². The smallest absolute Gasteiger partial charge is 0.345 e. The standard InChI is InChI=1S/C14H16O5.3CH4/c1-9(10-5-7-11(17-2)8-6-10)12(13(15)18-3)14(16)19-4;;;/h5-8H,1-4H3;3*1H4.